The van der Waals surface area contributed by atoms with Crippen LogP contribution < -0.4 is 4.90 Å². The second-order valence-corrected chi connectivity index (χ2v) is 7.29. The number of aromatic nitrogens is 2. The third-order valence-electron chi connectivity index (χ3n) is 5.57. The molecule has 0 saturated carbocycles. The van der Waals surface area contributed by atoms with Crippen LogP contribution in [0, 0.1) is 11.2 Å². The van der Waals surface area contributed by atoms with E-state index in [4.69, 9.17) is 0 Å². The van der Waals surface area contributed by atoms with E-state index in [1.54, 1.807) is 17.3 Å². The van der Waals surface area contributed by atoms with Crippen molar-refractivity contribution < 1.29 is 13.2 Å². The molecule has 2 aliphatic rings. The van der Waals surface area contributed by atoms with Gasteiger partial charge in [0.25, 0.3) is 5.92 Å². The molecule has 2 saturated heterocycles. The van der Waals surface area contributed by atoms with Crippen LogP contribution in [0.3, 0.4) is 0 Å². The molecule has 4 nitrogen and oxygen atoms in total. The van der Waals surface area contributed by atoms with Gasteiger partial charge in [-0.2, -0.15) is 0 Å². The fourth-order valence-corrected chi connectivity index (χ4v) is 4.16. The quantitative estimate of drug-likeness (QED) is 0.838. The summed E-state index contributed by atoms with van der Waals surface area (Å²) in [5.41, 5.74) is -0.157. The number of hydrogen-bond acceptors (Lipinski definition) is 4. The van der Waals surface area contributed by atoms with Crippen molar-refractivity contribution in [3.05, 3.63) is 54.2 Å². The summed E-state index contributed by atoms with van der Waals surface area (Å²) in [7, 11) is 0. The number of hydrogen-bond donors (Lipinski definition) is 0. The Balaban J connectivity index is 1.54. The SMILES string of the molecule is Fc1cccnc1N1CCC2(CN(Cc3cccnc3)CCC2(F)F)C1. The molecule has 0 aliphatic carbocycles. The van der Waals surface area contributed by atoms with Crippen LogP contribution in [0.4, 0.5) is 19.0 Å². The third kappa shape index (κ3) is 3.05. The van der Waals surface area contributed by atoms with Gasteiger partial charge in [-0.3, -0.25) is 9.88 Å². The van der Waals surface area contributed by atoms with Crippen LogP contribution in [0.2, 0.25) is 0 Å². The summed E-state index contributed by atoms with van der Waals surface area (Å²) in [5.74, 6) is -3.06. The number of pyridine rings is 2. The van der Waals surface area contributed by atoms with Crippen molar-refractivity contribution >= 4 is 5.82 Å². The maximum Gasteiger partial charge on any atom is 0.257 e. The average molecular weight is 362 g/mol. The van der Waals surface area contributed by atoms with E-state index >= 15 is 0 Å². The second kappa shape index (κ2) is 6.54. The van der Waals surface area contributed by atoms with Gasteiger partial charge in [-0.05, 0) is 30.2 Å². The van der Waals surface area contributed by atoms with Gasteiger partial charge in [0, 0.05) is 57.7 Å². The molecular weight excluding hydrogens is 341 g/mol. The molecule has 0 N–H and O–H groups in total. The number of likely N-dealkylation sites (tertiary alicyclic amines) is 1. The summed E-state index contributed by atoms with van der Waals surface area (Å²) >= 11 is 0. The van der Waals surface area contributed by atoms with E-state index in [1.165, 1.54) is 18.3 Å². The summed E-state index contributed by atoms with van der Waals surface area (Å²) in [6, 6.07) is 6.64. The first-order valence-corrected chi connectivity index (χ1v) is 8.84. The Kier molecular flexibility index (Phi) is 4.34. The Morgan fingerprint density at radius 2 is 1.88 bits per heavy atom. The van der Waals surface area contributed by atoms with Gasteiger partial charge in [-0.15, -0.1) is 0 Å². The van der Waals surface area contributed by atoms with Crippen molar-refractivity contribution in [1.82, 2.24) is 14.9 Å². The number of halogens is 3. The summed E-state index contributed by atoms with van der Waals surface area (Å²) in [5, 5.41) is 0. The Morgan fingerprint density at radius 1 is 1.04 bits per heavy atom. The molecule has 7 heteroatoms. The van der Waals surface area contributed by atoms with Crippen molar-refractivity contribution in [2.24, 2.45) is 5.41 Å². The Labute approximate surface area is 150 Å². The van der Waals surface area contributed by atoms with E-state index in [-0.39, 0.29) is 18.8 Å². The number of anilines is 1. The molecule has 0 amide bonds. The van der Waals surface area contributed by atoms with E-state index in [2.05, 4.69) is 14.9 Å². The molecule has 2 fully saturated rings. The van der Waals surface area contributed by atoms with Crippen LogP contribution >= 0.6 is 0 Å². The highest BCUT2D eigenvalue weighted by Gasteiger charge is 2.59. The van der Waals surface area contributed by atoms with Gasteiger partial charge in [0.15, 0.2) is 11.6 Å². The first kappa shape index (κ1) is 17.3. The highest BCUT2D eigenvalue weighted by atomic mass is 19.3. The second-order valence-electron chi connectivity index (χ2n) is 7.29. The van der Waals surface area contributed by atoms with E-state index in [0.29, 0.717) is 32.6 Å². The predicted molar refractivity (Wildman–Crippen MR) is 92.5 cm³/mol. The van der Waals surface area contributed by atoms with Gasteiger partial charge in [0.05, 0.1) is 5.41 Å². The lowest BCUT2D eigenvalue weighted by Gasteiger charge is -2.46. The molecule has 1 atom stereocenters. The van der Waals surface area contributed by atoms with Crippen molar-refractivity contribution in [1.29, 1.82) is 0 Å². The van der Waals surface area contributed by atoms with Crippen LogP contribution in [0.25, 0.3) is 0 Å². The van der Waals surface area contributed by atoms with Gasteiger partial charge < -0.3 is 4.90 Å². The molecule has 1 spiro atoms. The number of alkyl halides is 2. The van der Waals surface area contributed by atoms with Crippen LogP contribution in [0.5, 0.6) is 0 Å². The molecule has 4 heterocycles. The number of nitrogens with zero attached hydrogens (tertiary/aromatic N) is 4. The van der Waals surface area contributed by atoms with Gasteiger partial charge in [-0.1, -0.05) is 6.07 Å². The Bertz CT molecular complexity index is 770. The van der Waals surface area contributed by atoms with Gasteiger partial charge in [0.2, 0.25) is 0 Å². The van der Waals surface area contributed by atoms with Crippen molar-refractivity contribution in [3.8, 4) is 0 Å². The number of rotatable bonds is 3. The standard InChI is InChI=1S/C19H21F3N4/c20-16-4-2-8-24-17(16)26-10-5-18(14-26)13-25(9-6-19(18,21)22)12-15-3-1-7-23-11-15/h1-4,7-8,11H,5-6,9-10,12-14H2. The molecule has 1 unspecified atom stereocenters. The monoisotopic (exact) mass is 362 g/mol. The molecule has 2 aromatic heterocycles. The summed E-state index contributed by atoms with van der Waals surface area (Å²) < 4.78 is 43.8. The summed E-state index contributed by atoms with van der Waals surface area (Å²) in [6.07, 6.45) is 5.12. The maximum atomic E-state index is 14.9. The zero-order valence-corrected chi connectivity index (χ0v) is 14.4. The minimum Gasteiger partial charge on any atom is -0.353 e. The molecule has 0 aromatic carbocycles. The average Bonchev–Trinajstić information content (AvgIpc) is 3.05. The van der Waals surface area contributed by atoms with E-state index in [1.807, 2.05) is 12.1 Å². The third-order valence-corrected chi connectivity index (χ3v) is 5.57. The number of piperidine rings is 1. The van der Waals surface area contributed by atoms with Crippen LogP contribution in [-0.2, 0) is 6.54 Å². The summed E-state index contributed by atoms with van der Waals surface area (Å²) in [6.45, 7) is 1.76. The molecule has 0 bridgehead atoms. The fraction of sp³-hybridized carbons (Fsp3) is 0.474. The lowest BCUT2D eigenvalue weighted by molar-refractivity contribution is -0.158. The predicted octanol–water partition coefficient (Wildman–Crippen LogP) is 3.35. The van der Waals surface area contributed by atoms with Crippen LogP contribution in [0.15, 0.2) is 42.9 Å². The first-order valence-electron chi connectivity index (χ1n) is 8.84. The minimum atomic E-state index is -2.77. The molecule has 138 valence electrons. The summed E-state index contributed by atoms with van der Waals surface area (Å²) in [4.78, 5) is 11.9. The Hall–Kier alpha value is -2.15. The topological polar surface area (TPSA) is 32.3 Å². The first-order chi connectivity index (χ1) is 12.5. The Morgan fingerprint density at radius 3 is 2.65 bits per heavy atom. The molecule has 4 rings (SSSR count). The molecule has 2 aromatic rings. The highest BCUT2D eigenvalue weighted by Crippen LogP contribution is 2.50. The largest absolute Gasteiger partial charge is 0.353 e. The van der Waals surface area contributed by atoms with E-state index in [0.717, 1.165) is 5.56 Å². The maximum absolute atomic E-state index is 14.9. The van der Waals surface area contributed by atoms with Gasteiger partial charge >= 0.3 is 0 Å². The van der Waals surface area contributed by atoms with Crippen LogP contribution in [-0.4, -0.2) is 47.0 Å². The van der Waals surface area contributed by atoms with Gasteiger partial charge in [-0.25, -0.2) is 18.2 Å². The van der Waals surface area contributed by atoms with Gasteiger partial charge in [0.1, 0.15) is 0 Å². The lowest BCUT2D eigenvalue weighted by atomic mass is 9.75. The van der Waals surface area contributed by atoms with Crippen molar-refractivity contribution in [2.45, 2.75) is 25.3 Å². The fourth-order valence-electron chi connectivity index (χ4n) is 4.16. The van der Waals surface area contributed by atoms with Crippen molar-refractivity contribution in [2.75, 3.05) is 31.1 Å². The molecule has 2 aliphatic heterocycles. The van der Waals surface area contributed by atoms with Crippen molar-refractivity contribution in [3.63, 3.8) is 0 Å². The zero-order valence-electron chi connectivity index (χ0n) is 14.4. The highest BCUT2D eigenvalue weighted by molar-refractivity contribution is 5.42. The normalized spacial score (nSPS) is 25.7. The van der Waals surface area contributed by atoms with Crippen LogP contribution in [0.1, 0.15) is 18.4 Å². The minimum absolute atomic E-state index is 0.122. The molecular formula is C19H21F3N4. The smallest absolute Gasteiger partial charge is 0.257 e. The molecule has 26 heavy (non-hydrogen) atoms. The van der Waals surface area contributed by atoms with E-state index < -0.39 is 17.2 Å². The lowest BCUT2D eigenvalue weighted by Crippen LogP contribution is -2.56. The molecule has 0 radical (unpaired) electrons. The van der Waals surface area contributed by atoms with E-state index in [9.17, 15) is 13.2 Å². The zero-order chi connectivity index (χ0) is 18.2.